The SMILES string of the molecule is CC(CNC(=O)c1cccnc1)c1ccc(-c2ccccc2)cc1. The van der Waals surface area contributed by atoms with Gasteiger partial charge in [0.05, 0.1) is 5.56 Å². The first-order valence-corrected chi connectivity index (χ1v) is 8.07. The fourth-order valence-electron chi connectivity index (χ4n) is 2.60. The lowest BCUT2D eigenvalue weighted by molar-refractivity contribution is 0.0951. The van der Waals surface area contributed by atoms with Gasteiger partial charge in [-0.3, -0.25) is 9.78 Å². The molecule has 1 N–H and O–H groups in total. The summed E-state index contributed by atoms with van der Waals surface area (Å²) in [6, 6.07) is 22.4. The van der Waals surface area contributed by atoms with Crippen molar-refractivity contribution < 1.29 is 4.79 Å². The number of nitrogens with zero attached hydrogens (tertiary/aromatic N) is 1. The fourth-order valence-corrected chi connectivity index (χ4v) is 2.60. The summed E-state index contributed by atoms with van der Waals surface area (Å²) >= 11 is 0. The second-order valence-electron chi connectivity index (χ2n) is 5.84. The van der Waals surface area contributed by atoms with E-state index >= 15 is 0 Å². The predicted octanol–water partition coefficient (Wildman–Crippen LogP) is 4.28. The zero-order chi connectivity index (χ0) is 16.8. The molecule has 0 fully saturated rings. The number of hydrogen-bond acceptors (Lipinski definition) is 2. The summed E-state index contributed by atoms with van der Waals surface area (Å²) in [6.45, 7) is 2.71. The third-order valence-electron chi connectivity index (χ3n) is 4.08. The molecule has 0 aliphatic carbocycles. The summed E-state index contributed by atoms with van der Waals surface area (Å²) in [4.78, 5) is 16.0. The van der Waals surface area contributed by atoms with Crippen LogP contribution in [0.2, 0.25) is 0 Å². The van der Waals surface area contributed by atoms with Crippen LogP contribution in [0, 0.1) is 0 Å². The largest absolute Gasteiger partial charge is 0.351 e. The summed E-state index contributed by atoms with van der Waals surface area (Å²) in [5, 5.41) is 2.96. The van der Waals surface area contributed by atoms with Gasteiger partial charge >= 0.3 is 0 Å². The quantitative estimate of drug-likeness (QED) is 0.763. The van der Waals surface area contributed by atoms with E-state index in [1.165, 1.54) is 16.7 Å². The average Bonchev–Trinajstić information content (AvgIpc) is 2.67. The van der Waals surface area contributed by atoms with Crippen LogP contribution in [0.25, 0.3) is 11.1 Å². The Morgan fingerprint density at radius 3 is 2.33 bits per heavy atom. The van der Waals surface area contributed by atoms with E-state index < -0.39 is 0 Å². The van der Waals surface area contributed by atoms with Crippen LogP contribution in [-0.4, -0.2) is 17.4 Å². The number of carbonyl (C=O) groups is 1. The van der Waals surface area contributed by atoms with E-state index in [4.69, 9.17) is 0 Å². The first kappa shape index (κ1) is 15.9. The fraction of sp³-hybridized carbons (Fsp3) is 0.143. The number of carbonyl (C=O) groups excluding carboxylic acids is 1. The van der Waals surface area contributed by atoms with Gasteiger partial charge in [-0.15, -0.1) is 0 Å². The van der Waals surface area contributed by atoms with Crippen molar-refractivity contribution in [2.45, 2.75) is 12.8 Å². The van der Waals surface area contributed by atoms with Gasteiger partial charge in [0, 0.05) is 18.9 Å². The Balaban J connectivity index is 1.61. The zero-order valence-electron chi connectivity index (χ0n) is 13.6. The molecule has 3 rings (SSSR count). The van der Waals surface area contributed by atoms with Crippen LogP contribution < -0.4 is 5.32 Å². The Bertz CT molecular complexity index is 783. The highest BCUT2D eigenvalue weighted by Crippen LogP contribution is 2.22. The van der Waals surface area contributed by atoms with Crippen LogP contribution in [0.1, 0.15) is 28.8 Å². The Labute approximate surface area is 142 Å². The second kappa shape index (κ2) is 7.55. The van der Waals surface area contributed by atoms with Crippen molar-refractivity contribution in [1.82, 2.24) is 10.3 Å². The molecule has 3 heteroatoms. The van der Waals surface area contributed by atoms with Crippen LogP contribution in [0.15, 0.2) is 79.1 Å². The summed E-state index contributed by atoms with van der Waals surface area (Å²) < 4.78 is 0. The van der Waals surface area contributed by atoms with Gasteiger partial charge in [-0.1, -0.05) is 61.5 Å². The normalized spacial score (nSPS) is 11.7. The summed E-state index contributed by atoms with van der Waals surface area (Å²) in [5.41, 5.74) is 4.21. The minimum atomic E-state index is -0.0872. The van der Waals surface area contributed by atoms with Crippen LogP contribution in [0.3, 0.4) is 0 Å². The molecule has 0 bridgehead atoms. The molecule has 1 unspecified atom stereocenters. The number of hydrogen-bond donors (Lipinski definition) is 1. The smallest absolute Gasteiger partial charge is 0.252 e. The molecule has 120 valence electrons. The maximum absolute atomic E-state index is 12.1. The van der Waals surface area contributed by atoms with Crippen molar-refractivity contribution >= 4 is 5.91 Å². The molecular formula is C21H20N2O. The standard InChI is InChI=1S/C21H20N2O/c1-16(14-23-21(24)20-8-5-13-22-15-20)17-9-11-19(12-10-17)18-6-3-2-4-7-18/h2-13,15-16H,14H2,1H3,(H,23,24). The molecule has 0 aliphatic rings. The van der Waals surface area contributed by atoms with Gasteiger partial charge in [0.25, 0.3) is 5.91 Å². The highest BCUT2D eigenvalue weighted by molar-refractivity contribution is 5.93. The number of amides is 1. The molecule has 3 aromatic rings. The topological polar surface area (TPSA) is 42.0 Å². The van der Waals surface area contributed by atoms with E-state index in [1.807, 2.05) is 18.2 Å². The summed E-state index contributed by atoms with van der Waals surface area (Å²) in [7, 11) is 0. The number of pyridine rings is 1. The van der Waals surface area contributed by atoms with Crippen molar-refractivity contribution in [3.8, 4) is 11.1 Å². The maximum Gasteiger partial charge on any atom is 0.252 e. The number of rotatable bonds is 5. The van der Waals surface area contributed by atoms with Crippen molar-refractivity contribution in [3.63, 3.8) is 0 Å². The van der Waals surface area contributed by atoms with Gasteiger partial charge in [0.2, 0.25) is 0 Å². The minimum absolute atomic E-state index is 0.0872. The van der Waals surface area contributed by atoms with E-state index in [2.05, 4.69) is 53.6 Å². The molecule has 24 heavy (non-hydrogen) atoms. The maximum atomic E-state index is 12.1. The van der Waals surface area contributed by atoms with Crippen LogP contribution in [0.4, 0.5) is 0 Å². The van der Waals surface area contributed by atoms with E-state index in [0.717, 1.165) is 0 Å². The number of aromatic nitrogens is 1. The van der Waals surface area contributed by atoms with E-state index in [1.54, 1.807) is 24.5 Å². The van der Waals surface area contributed by atoms with Crippen molar-refractivity contribution in [1.29, 1.82) is 0 Å². The monoisotopic (exact) mass is 316 g/mol. The molecule has 2 aromatic carbocycles. The van der Waals surface area contributed by atoms with E-state index in [9.17, 15) is 4.79 Å². The van der Waals surface area contributed by atoms with Gasteiger partial charge < -0.3 is 5.32 Å². The Morgan fingerprint density at radius 2 is 1.67 bits per heavy atom. The lowest BCUT2D eigenvalue weighted by Gasteiger charge is -2.14. The first-order valence-electron chi connectivity index (χ1n) is 8.07. The average molecular weight is 316 g/mol. The van der Waals surface area contributed by atoms with E-state index in [0.29, 0.717) is 12.1 Å². The van der Waals surface area contributed by atoms with Crippen LogP contribution in [0.5, 0.6) is 0 Å². The highest BCUT2D eigenvalue weighted by Gasteiger charge is 2.09. The third-order valence-corrected chi connectivity index (χ3v) is 4.08. The molecule has 1 amide bonds. The molecule has 3 nitrogen and oxygen atoms in total. The molecule has 0 radical (unpaired) electrons. The van der Waals surface area contributed by atoms with Gasteiger partial charge in [0.1, 0.15) is 0 Å². The third kappa shape index (κ3) is 3.87. The Morgan fingerprint density at radius 1 is 0.958 bits per heavy atom. The summed E-state index contributed by atoms with van der Waals surface area (Å²) in [6.07, 6.45) is 3.24. The molecule has 1 aromatic heterocycles. The number of nitrogens with one attached hydrogen (secondary N) is 1. The molecule has 0 saturated heterocycles. The van der Waals surface area contributed by atoms with Crippen molar-refractivity contribution in [2.75, 3.05) is 6.54 Å². The molecule has 1 heterocycles. The number of benzene rings is 2. The van der Waals surface area contributed by atoms with Crippen LogP contribution >= 0.6 is 0 Å². The van der Waals surface area contributed by atoms with Crippen molar-refractivity contribution in [3.05, 3.63) is 90.3 Å². The van der Waals surface area contributed by atoms with Gasteiger partial charge in [0.15, 0.2) is 0 Å². The van der Waals surface area contributed by atoms with Crippen molar-refractivity contribution in [2.24, 2.45) is 0 Å². The van der Waals surface area contributed by atoms with Gasteiger partial charge in [-0.2, -0.15) is 0 Å². The van der Waals surface area contributed by atoms with Gasteiger partial charge in [-0.25, -0.2) is 0 Å². The lowest BCUT2D eigenvalue weighted by Crippen LogP contribution is -2.27. The molecule has 0 spiro atoms. The highest BCUT2D eigenvalue weighted by atomic mass is 16.1. The second-order valence-corrected chi connectivity index (χ2v) is 5.84. The van der Waals surface area contributed by atoms with Gasteiger partial charge in [-0.05, 0) is 34.7 Å². The predicted molar refractivity (Wildman–Crippen MR) is 96.9 cm³/mol. The minimum Gasteiger partial charge on any atom is -0.351 e. The first-order chi connectivity index (χ1) is 11.7. The lowest BCUT2D eigenvalue weighted by atomic mass is 9.97. The van der Waals surface area contributed by atoms with E-state index in [-0.39, 0.29) is 11.8 Å². The molecule has 0 saturated carbocycles. The molecule has 1 atom stereocenters. The Kier molecular flexibility index (Phi) is 5.02. The zero-order valence-corrected chi connectivity index (χ0v) is 13.6. The Hall–Kier alpha value is -2.94. The molecular weight excluding hydrogens is 296 g/mol. The molecule has 0 aliphatic heterocycles. The summed E-state index contributed by atoms with van der Waals surface area (Å²) in [5.74, 6) is 0.159. The van der Waals surface area contributed by atoms with Crippen LogP contribution in [-0.2, 0) is 0 Å².